The molecule has 3 aromatic carbocycles. The average Bonchev–Trinajstić information content (AvgIpc) is 2.81. The van der Waals surface area contributed by atoms with Gasteiger partial charge in [0.15, 0.2) is 0 Å². The fraction of sp³-hybridized carbons (Fsp3) is 0.280. The van der Waals surface area contributed by atoms with Crippen molar-refractivity contribution in [3.63, 3.8) is 0 Å². The fourth-order valence-electron chi connectivity index (χ4n) is 4.36. The standard InChI is InChI=1S/C25H29O3P/c1-27-25(19-17-21(26)18-20-25)28-29(22-11-5-2-6-12-22,23-13-7-3-8-14-23)24-15-9-4-10-16-24/h2-16,21,26,29H,17-20H2,1H3. The van der Waals surface area contributed by atoms with Crippen molar-refractivity contribution in [1.82, 2.24) is 0 Å². The van der Waals surface area contributed by atoms with Crippen molar-refractivity contribution in [3.8, 4) is 0 Å². The van der Waals surface area contributed by atoms with Crippen LogP contribution in [0.15, 0.2) is 91.0 Å². The molecule has 0 unspecified atom stereocenters. The minimum atomic E-state index is -2.83. The Hall–Kier alpha value is -2.03. The van der Waals surface area contributed by atoms with E-state index in [1.807, 2.05) is 18.2 Å². The Morgan fingerprint density at radius 1 is 0.724 bits per heavy atom. The zero-order valence-electron chi connectivity index (χ0n) is 16.8. The van der Waals surface area contributed by atoms with E-state index in [0.717, 1.165) is 0 Å². The van der Waals surface area contributed by atoms with Crippen molar-refractivity contribution in [2.24, 2.45) is 0 Å². The fourth-order valence-corrected chi connectivity index (χ4v) is 8.55. The Morgan fingerprint density at radius 3 is 1.45 bits per heavy atom. The number of rotatable bonds is 6. The number of hydrogen-bond donors (Lipinski definition) is 1. The molecule has 1 aliphatic rings. The molecule has 0 aliphatic heterocycles. The average molecular weight is 408 g/mol. The second-order valence-electron chi connectivity index (χ2n) is 7.73. The Bertz CT molecular complexity index is 794. The van der Waals surface area contributed by atoms with Crippen LogP contribution in [0.3, 0.4) is 0 Å². The van der Waals surface area contributed by atoms with Gasteiger partial charge in [-0.05, 0) is 0 Å². The topological polar surface area (TPSA) is 38.7 Å². The van der Waals surface area contributed by atoms with Crippen molar-refractivity contribution >= 4 is 23.4 Å². The quantitative estimate of drug-likeness (QED) is 0.496. The molecule has 1 fully saturated rings. The van der Waals surface area contributed by atoms with Gasteiger partial charge in [0.05, 0.1) is 0 Å². The van der Waals surface area contributed by atoms with Gasteiger partial charge < -0.3 is 0 Å². The van der Waals surface area contributed by atoms with Crippen LogP contribution in [0.2, 0.25) is 0 Å². The molecule has 4 rings (SSSR count). The van der Waals surface area contributed by atoms with Crippen LogP contribution >= 0.6 is 7.49 Å². The zero-order valence-corrected chi connectivity index (χ0v) is 17.8. The van der Waals surface area contributed by atoms with E-state index in [0.29, 0.717) is 25.7 Å². The molecule has 0 spiro atoms. The normalized spacial score (nSPS) is 22.9. The van der Waals surface area contributed by atoms with Gasteiger partial charge in [-0.25, -0.2) is 0 Å². The predicted octanol–water partition coefficient (Wildman–Crippen LogP) is 3.92. The first kappa shape index (κ1) is 20.3. The summed E-state index contributed by atoms with van der Waals surface area (Å²) in [5, 5.41) is 13.7. The Balaban J connectivity index is 1.93. The van der Waals surface area contributed by atoms with Crippen molar-refractivity contribution < 1.29 is 14.4 Å². The number of methoxy groups -OCH3 is 1. The molecule has 152 valence electrons. The van der Waals surface area contributed by atoms with Crippen molar-refractivity contribution in [2.75, 3.05) is 7.11 Å². The molecule has 4 heteroatoms. The van der Waals surface area contributed by atoms with Gasteiger partial charge in [0.2, 0.25) is 0 Å². The van der Waals surface area contributed by atoms with Crippen molar-refractivity contribution in [2.45, 2.75) is 37.6 Å². The van der Waals surface area contributed by atoms with E-state index in [1.54, 1.807) is 7.11 Å². The molecule has 1 N–H and O–H groups in total. The van der Waals surface area contributed by atoms with Crippen LogP contribution in [0.5, 0.6) is 0 Å². The van der Waals surface area contributed by atoms with Crippen molar-refractivity contribution in [3.05, 3.63) is 91.0 Å². The molecule has 0 amide bonds. The van der Waals surface area contributed by atoms with E-state index in [9.17, 15) is 5.11 Å². The van der Waals surface area contributed by atoms with Gasteiger partial charge in [0, 0.05) is 0 Å². The third kappa shape index (κ3) is 4.01. The third-order valence-corrected chi connectivity index (χ3v) is 10.1. The second kappa shape index (κ2) is 8.77. The molecule has 0 radical (unpaired) electrons. The van der Waals surface area contributed by atoms with Crippen LogP contribution in [0, 0.1) is 0 Å². The summed E-state index contributed by atoms with van der Waals surface area (Å²) in [7, 11) is -1.10. The van der Waals surface area contributed by atoms with Gasteiger partial charge in [0.1, 0.15) is 0 Å². The first-order valence-corrected chi connectivity index (χ1v) is 12.2. The van der Waals surface area contributed by atoms with E-state index < -0.39 is 13.3 Å². The van der Waals surface area contributed by atoms with Crippen LogP contribution in [0.4, 0.5) is 0 Å². The van der Waals surface area contributed by atoms with Crippen LogP contribution in [-0.4, -0.2) is 24.1 Å². The van der Waals surface area contributed by atoms with E-state index in [1.165, 1.54) is 15.9 Å². The summed E-state index contributed by atoms with van der Waals surface area (Å²) in [6.07, 6.45) is 2.48. The first-order valence-electron chi connectivity index (χ1n) is 10.3. The Labute approximate surface area is 173 Å². The predicted molar refractivity (Wildman–Crippen MR) is 122 cm³/mol. The molecule has 1 aliphatic carbocycles. The summed E-state index contributed by atoms with van der Waals surface area (Å²) >= 11 is 0. The van der Waals surface area contributed by atoms with Gasteiger partial charge in [-0.3, -0.25) is 0 Å². The van der Waals surface area contributed by atoms with Gasteiger partial charge >= 0.3 is 173 Å². The number of aliphatic hydroxyl groups is 1. The van der Waals surface area contributed by atoms with Crippen LogP contribution in [0.25, 0.3) is 0 Å². The van der Waals surface area contributed by atoms with E-state index in [-0.39, 0.29) is 6.10 Å². The Morgan fingerprint density at radius 2 is 1.10 bits per heavy atom. The summed E-state index contributed by atoms with van der Waals surface area (Å²) in [6, 6.07) is 31.7. The minimum absolute atomic E-state index is 0.275. The third-order valence-electron chi connectivity index (χ3n) is 5.97. The summed E-state index contributed by atoms with van der Waals surface area (Å²) in [4.78, 5) is 0. The summed E-state index contributed by atoms with van der Waals surface area (Å²) in [6.45, 7) is 0. The van der Waals surface area contributed by atoms with E-state index >= 15 is 0 Å². The maximum atomic E-state index is 10.1. The molecule has 29 heavy (non-hydrogen) atoms. The Kier molecular flexibility index (Phi) is 6.12. The second-order valence-corrected chi connectivity index (χ2v) is 11.0. The molecule has 0 atom stereocenters. The molecule has 3 nitrogen and oxygen atoms in total. The molecule has 1 saturated carbocycles. The number of ether oxygens (including phenoxy) is 1. The van der Waals surface area contributed by atoms with E-state index in [2.05, 4.69) is 72.8 Å². The number of benzene rings is 3. The van der Waals surface area contributed by atoms with Crippen LogP contribution in [-0.2, 0) is 9.26 Å². The summed E-state index contributed by atoms with van der Waals surface area (Å²) < 4.78 is 13.3. The summed E-state index contributed by atoms with van der Waals surface area (Å²) in [5.74, 6) is -0.701. The molecule has 0 saturated heterocycles. The van der Waals surface area contributed by atoms with E-state index in [4.69, 9.17) is 9.26 Å². The first-order chi connectivity index (χ1) is 14.2. The monoisotopic (exact) mass is 408 g/mol. The molecule has 0 aromatic heterocycles. The molecule has 3 aromatic rings. The van der Waals surface area contributed by atoms with Gasteiger partial charge in [-0.15, -0.1) is 0 Å². The number of aliphatic hydroxyl groups excluding tert-OH is 1. The number of hydrogen-bond acceptors (Lipinski definition) is 3. The maximum absolute atomic E-state index is 10.1. The molecular formula is C25H29O3P. The van der Waals surface area contributed by atoms with Gasteiger partial charge in [-0.1, -0.05) is 0 Å². The SMILES string of the molecule is COC1(O[PH](c2ccccc2)(c2ccccc2)c2ccccc2)CCC(O)CC1. The molecule has 0 bridgehead atoms. The van der Waals surface area contributed by atoms with Gasteiger partial charge in [0.25, 0.3) is 0 Å². The van der Waals surface area contributed by atoms with Gasteiger partial charge in [-0.2, -0.15) is 0 Å². The summed E-state index contributed by atoms with van der Waals surface area (Å²) in [5.41, 5.74) is 0. The molecule has 0 heterocycles. The molecular weight excluding hydrogens is 379 g/mol. The van der Waals surface area contributed by atoms with Crippen LogP contribution in [0.1, 0.15) is 25.7 Å². The van der Waals surface area contributed by atoms with Crippen LogP contribution < -0.4 is 15.9 Å². The van der Waals surface area contributed by atoms with Crippen molar-refractivity contribution in [1.29, 1.82) is 0 Å². The zero-order chi connectivity index (χ0) is 20.2.